The van der Waals surface area contributed by atoms with Gasteiger partial charge in [0.15, 0.2) is 5.11 Å². The highest BCUT2D eigenvalue weighted by molar-refractivity contribution is 7.80. The quantitative estimate of drug-likeness (QED) is 0.658. The van der Waals surface area contributed by atoms with Crippen LogP contribution in [0.25, 0.3) is 6.08 Å². The van der Waals surface area contributed by atoms with Crippen LogP contribution >= 0.6 is 12.2 Å². The summed E-state index contributed by atoms with van der Waals surface area (Å²) < 4.78 is 11.3. The number of nitriles is 1. The van der Waals surface area contributed by atoms with Crippen LogP contribution in [-0.2, 0) is 11.4 Å². The molecule has 1 amide bonds. The van der Waals surface area contributed by atoms with E-state index in [1.807, 2.05) is 6.92 Å². The minimum Gasteiger partial charge on any atom is -0.486 e. The summed E-state index contributed by atoms with van der Waals surface area (Å²) >= 11 is 5.11. The van der Waals surface area contributed by atoms with E-state index in [9.17, 15) is 4.79 Å². The number of thiocarbonyl (C=S) groups is 1. The van der Waals surface area contributed by atoms with Gasteiger partial charge in [-0.2, -0.15) is 5.26 Å². The number of furan rings is 1. The zero-order valence-corrected chi connectivity index (χ0v) is 14.3. The molecule has 25 heavy (non-hydrogen) atoms. The number of hydrogen-bond acceptors (Lipinski definition) is 5. The minimum absolute atomic E-state index is 0.167. The minimum atomic E-state index is -0.167. The summed E-state index contributed by atoms with van der Waals surface area (Å²) in [6, 6.07) is 12.4. The van der Waals surface area contributed by atoms with Crippen molar-refractivity contribution in [1.29, 1.82) is 5.26 Å². The number of carbonyl (C=O) groups is 1. The maximum Gasteiger partial charge on any atom is 0.276 e. The lowest BCUT2D eigenvalue weighted by atomic mass is 10.2. The number of ether oxygens (including phenoxy) is 1. The van der Waals surface area contributed by atoms with E-state index in [4.69, 9.17) is 26.6 Å². The second kappa shape index (κ2) is 7.20. The average molecular weight is 353 g/mol. The third-order valence-electron chi connectivity index (χ3n) is 3.61. The number of carbonyl (C=O) groups excluding carboxylic acids is 1. The molecule has 2 heterocycles. The number of benzene rings is 1. The van der Waals surface area contributed by atoms with E-state index in [0.717, 1.165) is 0 Å². The number of amides is 1. The molecule has 0 saturated carbocycles. The van der Waals surface area contributed by atoms with E-state index >= 15 is 0 Å². The van der Waals surface area contributed by atoms with Gasteiger partial charge in [0.05, 0.1) is 11.6 Å². The van der Waals surface area contributed by atoms with Crippen LogP contribution in [0.1, 0.15) is 24.0 Å². The van der Waals surface area contributed by atoms with Crippen molar-refractivity contribution in [3.8, 4) is 11.8 Å². The summed E-state index contributed by atoms with van der Waals surface area (Å²) in [6.45, 7) is 2.63. The van der Waals surface area contributed by atoms with Crippen molar-refractivity contribution >= 4 is 29.3 Å². The second-order valence-electron chi connectivity index (χ2n) is 5.27. The fourth-order valence-corrected chi connectivity index (χ4v) is 2.65. The number of likely N-dealkylation sites (N-methyl/N-ethyl adjacent to an activating group) is 1. The molecular weight excluding hydrogens is 338 g/mol. The van der Waals surface area contributed by atoms with E-state index in [1.165, 1.54) is 4.90 Å². The molecule has 1 saturated heterocycles. The summed E-state index contributed by atoms with van der Waals surface area (Å²) in [5.41, 5.74) is 0.966. The molecule has 1 aromatic heterocycles. The van der Waals surface area contributed by atoms with Crippen LogP contribution in [0, 0.1) is 11.3 Å². The molecule has 0 radical (unpaired) electrons. The van der Waals surface area contributed by atoms with Crippen LogP contribution in [0.15, 0.2) is 46.5 Å². The number of rotatable bonds is 5. The molecule has 0 unspecified atom stereocenters. The van der Waals surface area contributed by atoms with Crippen LogP contribution in [0.3, 0.4) is 0 Å². The van der Waals surface area contributed by atoms with Gasteiger partial charge in [0.1, 0.15) is 29.6 Å². The Morgan fingerprint density at radius 3 is 2.72 bits per heavy atom. The molecule has 1 aliphatic heterocycles. The molecule has 1 aromatic carbocycles. The summed E-state index contributed by atoms with van der Waals surface area (Å²) in [7, 11) is 0. The standard InChI is InChI=1S/C18H15N3O3S/c1-2-21-17(22)16(20-18(21)25)9-14-7-8-15(24-14)11-23-13-5-3-12(10-19)4-6-13/h3-9H,2,11H2,1H3,(H,20,25)/b16-9+. The van der Waals surface area contributed by atoms with Gasteiger partial charge in [0.2, 0.25) is 0 Å². The third-order valence-corrected chi connectivity index (χ3v) is 3.93. The Morgan fingerprint density at radius 1 is 1.32 bits per heavy atom. The van der Waals surface area contributed by atoms with Gasteiger partial charge < -0.3 is 14.5 Å². The number of nitrogens with one attached hydrogen (secondary N) is 1. The van der Waals surface area contributed by atoms with Crippen molar-refractivity contribution in [3.05, 3.63) is 59.2 Å². The second-order valence-corrected chi connectivity index (χ2v) is 5.65. The Bertz CT molecular complexity index is 878. The molecule has 126 valence electrons. The summed E-state index contributed by atoms with van der Waals surface area (Å²) in [5, 5.41) is 12.1. The lowest BCUT2D eigenvalue weighted by Crippen LogP contribution is -2.30. The first-order valence-electron chi connectivity index (χ1n) is 7.67. The fraction of sp³-hybridized carbons (Fsp3) is 0.167. The first-order chi connectivity index (χ1) is 12.1. The van der Waals surface area contributed by atoms with Gasteiger partial charge >= 0.3 is 0 Å². The van der Waals surface area contributed by atoms with E-state index < -0.39 is 0 Å². The first-order valence-corrected chi connectivity index (χ1v) is 8.07. The highest BCUT2D eigenvalue weighted by Crippen LogP contribution is 2.18. The highest BCUT2D eigenvalue weighted by atomic mass is 32.1. The summed E-state index contributed by atoms with van der Waals surface area (Å²) in [4.78, 5) is 13.6. The Labute approximate surface area is 150 Å². The molecule has 6 nitrogen and oxygen atoms in total. The highest BCUT2D eigenvalue weighted by Gasteiger charge is 2.29. The summed E-state index contributed by atoms with van der Waals surface area (Å²) in [5.74, 6) is 1.64. The molecule has 3 rings (SSSR count). The summed E-state index contributed by atoms with van der Waals surface area (Å²) in [6.07, 6.45) is 1.62. The van der Waals surface area contributed by atoms with Crippen LogP contribution in [-0.4, -0.2) is 22.5 Å². The van der Waals surface area contributed by atoms with Gasteiger partial charge in [0.25, 0.3) is 5.91 Å². The Balaban J connectivity index is 1.64. The normalized spacial score (nSPS) is 15.4. The number of hydrogen-bond donors (Lipinski definition) is 1. The number of nitrogens with zero attached hydrogens (tertiary/aromatic N) is 2. The van der Waals surface area contributed by atoms with Crippen LogP contribution in [0.5, 0.6) is 5.75 Å². The van der Waals surface area contributed by atoms with Gasteiger partial charge in [-0.1, -0.05) is 0 Å². The van der Waals surface area contributed by atoms with Crippen molar-refractivity contribution in [3.63, 3.8) is 0 Å². The molecule has 0 bridgehead atoms. The van der Waals surface area contributed by atoms with E-state index in [1.54, 1.807) is 42.5 Å². The van der Waals surface area contributed by atoms with Gasteiger partial charge in [-0.15, -0.1) is 0 Å². The van der Waals surface area contributed by atoms with Gasteiger partial charge in [0, 0.05) is 12.6 Å². The van der Waals surface area contributed by atoms with E-state index in [2.05, 4.69) is 11.4 Å². The SMILES string of the molecule is CCN1C(=O)/C(=C\c2ccc(COc3ccc(C#N)cc3)o2)NC1=S. The molecule has 1 fully saturated rings. The average Bonchev–Trinajstić information content (AvgIpc) is 3.18. The predicted molar refractivity (Wildman–Crippen MR) is 95.3 cm³/mol. The molecule has 0 spiro atoms. The first kappa shape index (κ1) is 16.7. The maximum atomic E-state index is 12.1. The third kappa shape index (κ3) is 3.70. The Hall–Kier alpha value is -3.11. The Morgan fingerprint density at radius 2 is 2.08 bits per heavy atom. The van der Waals surface area contributed by atoms with Crippen molar-refractivity contribution in [2.45, 2.75) is 13.5 Å². The van der Waals surface area contributed by atoms with Gasteiger partial charge in [-0.25, -0.2) is 0 Å². The molecule has 1 N–H and O–H groups in total. The molecule has 0 aliphatic carbocycles. The fourth-order valence-electron chi connectivity index (χ4n) is 2.33. The lowest BCUT2D eigenvalue weighted by Gasteiger charge is -2.08. The largest absolute Gasteiger partial charge is 0.486 e. The van der Waals surface area contributed by atoms with E-state index in [-0.39, 0.29) is 12.5 Å². The van der Waals surface area contributed by atoms with Crippen molar-refractivity contribution in [2.24, 2.45) is 0 Å². The van der Waals surface area contributed by atoms with Crippen molar-refractivity contribution in [2.75, 3.05) is 6.54 Å². The van der Waals surface area contributed by atoms with E-state index in [0.29, 0.717) is 40.2 Å². The molecule has 2 aromatic rings. The Kier molecular flexibility index (Phi) is 4.82. The predicted octanol–water partition coefficient (Wildman–Crippen LogP) is 2.81. The van der Waals surface area contributed by atoms with Crippen molar-refractivity contribution < 1.29 is 13.9 Å². The topological polar surface area (TPSA) is 78.5 Å². The lowest BCUT2D eigenvalue weighted by molar-refractivity contribution is -0.122. The molecule has 7 heteroatoms. The van der Waals surface area contributed by atoms with Crippen LogP contribution in [0.2, 0.25) is 0 Å². The molecule has 0 atom stereocenters. The van der Waals surface area contributed by atoms with Gasteiger partial charge in [-0.05, 0) is 55.5 Å². The van der Waals surface area contributed by atoms with Gasteiger partial charge in [-0.3, -0.25) is 9.69 Å². The molecular formula is C18H15N3O3S. The monoisotopic (exact) mass is 353 g/mol. The maximum absolute atomic E-state index is 12.1. The van der Waals surface area contributed by atoms with Crippen molar-refractivity contribution in [1.82, 2.24) is 10.2 Å². The smallest absolute Gasteiger partial charge is 0.276 e. The zero-order chi connectivity index (χ0) is 17.8. The van der Waals surface area contributed by atoms with Crippen LogP contribution < -0.4 is 10.1 Å². The molecule has 1 aliphatic rings. The van der Waals surface area contributed by atoms with Crippen LogP contribution in [0.4, 0.5) is 0 Å². The zero-order valence-electron chi connectivity index (χ0n) is 13.5.